The number of aryl methyl sites for hydroxylation is 1. The summed E-state index contributed by atoms with van der Waals surface area (Å²) in [5.74, 6) is 1.85. The van der Waals surface area contributed by atoms with E-state index in [4.69, 9.17) is 15.6 Å². The average Bonchev–Trinajstić information content (AvgIpc) is 3.28. The highest BCUT2D eigenvalue weighted by Gasteiger charge is 2.39. The zero-order chi connectivity index (χ0) is 17.4. The standard InChI is InChI=1S/C17H24N6O2/c1-2-13-19-20-14-3-4-15(21-23(13)14)22-8-5-11(6-9-22)16-12(17(18)24)7-10-25-16/h3-4,11-12,16H,2,5-10H2,1H3,(H2,18,24)/t12-,16+/m0/s1. The monoisotopic (exact) mass is 344 g/mol. The fourth-order valence-corrected chi connectivity index (χ4v) is 4.05. The summed E-state index contributed by atoms with van der Waals surface area (Å²) in [5.41, 5.74) is 6.31. The van der Waals surface area contributed by atoms with E-state index in [1.54, 1.807) is 0 Å². The first-order valence-electron chi connectivity index (χ1n) is 9.04. The fourth-order valence-electron chi connectivity index (χ4n) is 4.05. The minimum absolute atomic E-state index is 0.0142. The molecule has 8 nitrogen and oxygen atoms in total. The van der Waals surface area contributed by atoms with Crippen molar-refractivity contribution in [2.24, 2.45) is 17.6 Å². The Bertz CT molecular complexity index is 768. The van der Waals surface area contributed by atoms with E-state index in [9.17, 15) is 4.79 Å². The summed E-state index contributed by atoms with van der Waals surface area (Å²) in [4.78, 5) is 13.9. The molecule has 2 saturated heterocycles. The molecular weight excluding hydrogens is 320 g/mol. The van der Waals surface area contributed by atoms with Gasteiger partial charge in [0.05, 0.1) is 12.0 Å². The van der Waals surface area contributed by atoms with Gasteiger partial charge in [-0.3, -0.25) is 4.79 Å². The number of primary amides is 1. The van der Waals surface area contributed by atoms with Gasteiger partial charge in [-0.15, -0.1) is 15.3 Å². The van der Waals surface area contributed by atoms with Crippen LogP contribution in [0.25, 0.3) is 5.65 Å². The summed E-state index contributed by atoms with van der Waals surface area (Å²) in [6.45, 7) is 4.49. The van der Waals surface area contributed by atoms with Crippen LogP contribution in [-0.4, -0.2) is 51.5 Å². The number of fused-ring (bicyclic) bond motifs is 1. The van der Waals surface area contributed by atoms with Crippen LogP contribution >= 0.6 is 0 Å². The molecule has 2 aromatic heterocycles. The maximum Gasteiger partial charge on any atom is 0.223 e. The molecule has 0 unspecified atom stereocenters. The highest BCUT2D eigenvalue weighted by atomic mass is 16.5. The van der Waals surface area contributed by atoms with Crippen molar-refractivity contribution in [3.05, 3.63) is 18.0 Å². The predicted octanol–water partition coefficient (Wildman–Crippen LogP) is 0.793. The van der Waals surface area contributed by atoms with E-state index >= 15 is 0 Å². The maximum absolute atomic E-state index is 11.6. The van der Waals surface area contributed by atoms with Gasteiger partial charge in [0.25, 0.3) is 0 Å². The normalized spacial score (nSPS) is 24.9. The number of anilines is 1. The van der Waals surface area contributed by atoms with Crippen LogP contribution < -0.4 is 10.6 Å². The molecular formula is C17H24N6O2. The number of hydrogen-bond acceptors (Lipinski definition) is 6. The smallest absolute Gasteiger partial charge is 0.223 e. The van der Waals surface area contributed by atoms with Gasteiger partial charge in [0.1, 0.15) is 5.82 Å². The van der Waals surface area contributed by atoms with Crippen LogP contribution in [0.1, 0.15) is 32.0 Å². The van der Waals surface area contributed by atoms with E-state index in [-0.39, 0.29) is 17.9 Å². The maximum atomic E-state index is 11.6. The lowest BCUT2D eigenvalue weighted by Crippen LogP contribution is -2.42. The van der Waals surface area contributed by atoms with Gasteiger partial charge in [0, 0.05) is 26.1 Å². The van der Waals surface area contributed by atoms with Crippen molar-refractivity contribution in [3.63, 3.8) is 0 Å². The van der Waals surface area contributed by atoms with Gasteiger partial charge in [-0.05, 0) is 37.3 Å². The third-order valence-electron chi connectivity index (χ3n) is 5.46. The molecule has 4 heterocycles. The zero-order valence-corrected chi connectivity index (χ0v) is 14.5. The van der Waals surface area contributed by atoms with Crippen molar-refractivity contribution in [2.75, 3.05) is 24.6 Å². The second-order valence-electron chi connectivity index (χ2n) is 6.89. The largest absolute Gasteiger partial charge is 0.377 e. The molecule has 2 fully saturated rings. The van der Waals surface area contributed by atoms with Gasteiger partial charge in [0.15, 0.2) is 11.5 Å². The first kappa shape index (κ1) is 16.3. The van der Waals surface area contributed by atoms with Gasteiger partial charge in [-0.2, -0.15) is 4.52 Å². The summed E-state index contributed by atoms with van der Waals surface area (Å²) in [6, 6.07) is 3.96. The Morgan fingerprint density at radius 3 is 2.80 bits per heavy atom. The third-order valence-corrected chi connectivity index (χ3v) is 5.46. The Kier molecular flexibility index (Phi) is 4.29. The first-order valence-corrected chi connectivity index (χ1v) is 9.04. The number of aromatic nitrogens is 4. The van der Waals surface area contributed by atoms with Crippen LogP contribution in [0.3, 0.4) is 0 Å². The predicted molar refractivity (Wildman–Crippen MR) is 92.1 cm³/mol. The van der Waals surface area contributed by atoms with E-state index in [1.165, 1.54) is 0 Å². The van der Waals surface area contributed by atoms with Crippen LogP contribution in [0, 0.1) is 11.8 Å². The second-order valence-corrected chi connectivity index (χ2v) is 6.89. The average molecular weight is 344 g/mol. The molecule has 4 rings (SSSR count). The molecule has 0 aromatic carbocycles. The molecule has 0 aliphatic carbocycles. The number of carbonyl (C=O) groups is 1. The van der Waals surface area contributed by atoms with Crippen LogP contribution in [0.2, 0.25) is 0 Å². The lowest BCUT2D eigenvalue weighted by atomic mass is 9.84. The molecule has 1 amide bonds. The number of hydrogen-bond donors (Lipinski definition) is 1. The summed E-state index contributed by atoms with van der Waals surface area (Å²) < 4.78 is 7.65. The topological polar surface area (TPSA) is 98.6 Å². The molecule has 0 saturated carbocycles. The number of ether oxygens (including phenoxy) is 1. The van der Waals surface area contributed by atoms with Gasteiger partial charge < -0.3 is 15.4 Å². The Balaban J connectivity index is 1.46. The van der Waals surface area contributed by atoms with Gasteiger partial charge in [-0.25, -0.2) is 0 Å². The SMILES string of the molecule is CCc1nnc2ccc(N3CCC([C@H]4OCC[C@@H]4C(N)=O)CC3)nn12. The minimum atomic E-state index is -0.225. The molecule has 0 spiro atoms. The molecule has 0 radical (unpaired) electrons. The Morgan fingerprint density at radius 1 is 1.28 bits per heavy atom. The molecule has 2 aliphatic rings. The Morgan fingerprint density at radius 2 is 2.08 bits per heavy atom. The third kappa shape index (κ3) is 2.95. The summed E-state index contributed by atoms with van der Waals surface area (Å²) in [6.07, 6.45) is 3.51. The van der Waals surface area contributed by atoms with Crippen LogP contribution in [-0.2, 0) is 16.0 Å². The van der Waals surface area contributed by atoms with Crippen molar-refractivity contribution in [2.45, 2.75) is 38.7 Å². The second kappa shape index (κ2) is 6.59. The molecule has 8 heteroatoms. The molecule has 0 bridgehead atoms. The lowest BCUT2D eigenvalue weighted by Gasteiger charge is -2.36. The Hall–Kier alpha value is -2.22. The number of nitrogens with two attached hydrogens (primary N) is 1. The molecule has 2 atom stereocenters. The van der Waals surface area contributed by atoms with Gasteiger partial charge in [-0.1, -0.05) is 6.92 Å². The van der Waals surface area contributed by atoms with Crippen LogP contribution in [0.5, 0.6) is 0 Å². The van der Waals surface area contributed by atoms with Gasteiger partial charge in [0.2, 0.25) is 5.91 Å². The highest BCUT2D eigenvalue weighted by molar-refractivity contribution is 5.77. The van der Waals surface area contributed by atoms with Crippen molar-refractivity contribution in [3.8, 4) is 0 Å². The van der Waals surface area contributed by atoms with Gasteiger partial charge >= 0.3 is 0 Å². The van der Waals surface area contributed by atoms with Crippen molar-refractivity contribution in [1.82, 2.24) is 19.8 Å². The number of amides is 1. The van der Waals surface area contributed by atoms with E-state index in [1.807, 2.05) is 23.6 Å². The number of carbonyl (C=O) groups excluding carboxylic acids is 1. The van der Waals surface area contributed by atoms with E-state index < -0.39 is 0 Å². The molecule has 2 aromatic rings. The molecule has 25 heavy (non-hydrogen) atoms. The minimum Gasteiger partial charge on any atom is -0.377 e. The zero-order valence-electron chi connectivity index (χ0n) is 14.5. The van der Waals surface area contributed by atoms with Crippen LogP contribution in [0.4, 0.5) is 5.82 Å². The van der Waals surface area contributed by atoms with E-state index in [2.05, 4.69) is 15.1 Å². The highest BCUT2D eigenvalue weighted by Crippen LogP contribution is 2.33. The summed E-state index contributed by atoms with van der Waals surface area (Å²) in [5, 5.41) is 13.0. The summed E-state index contributed by atoms with van der Waals surface area (Å²) in [7, 11) is 0. The number of piperidine rings is 1. The van der Waals surface area contributed by atoms with Crippen LogP contribution in [0.15, 0.2) is 12.1 Å². The fraction of sp³-hybridized carbons (Fsp3) is 0.647. The molecule has 2 aliphatic heterocycles. The first-order chi connectivity index (χ1) is 12.2. The molecule has 2 N–H and O–H groups in total. The Labute approximate surface area is 146 Å². The van der Waals surface area contributed by atoms with Crippen molar-refractivity contribution >= 4 is 17.4 Å². The van der Waals surface area contributed by atoms with Crippen molar-refractivity contribution in [1.29, 1.82) is 0 Å². The summed E-state index contributed by atoms with van der Waals surface area (Å²) >= 11 is 0. The van der Waals surface area contributed by atoms with E-state index in [0.29, 0.717) is 12.5 Å². The van der Waals surface area contributed by atoms with E-state index in [0.717, 1.165) is 56.1 Å². The quantitative estimate of drug-likeness (QED) is 0.880. The number of nitrogens with zero attached hydrogens (tertiary/aromatic N) is 5. The molecule has 134 valence electrons. The van der Waals surface area contributed by atoms with Crippen molar-refractivity contribution < 1.29 is 9.53 Å². The number of rotatable bonds is 4. The lowest BCUT2D eigenvalue weighted by molar-refractivity contribution is -0.124.